The predicted octanol–water partition coefficient (Wildman–Crippen LogP) is 2.71. The highest BCUT2D eigenvalue weighted by Gasteiger charge is 2.09. The average Bonchev–Trinajstić information content (AvgIpc) is 2.91. The molecule has 1 aromatic carbocycles. The number of aromatic amines is 1. The van der Waals surface area contributed by atoms with Gasteiger partial charge in [-0.3, -0.25) is 4.79 Å². The second-order valence-electron chi connectivity index (χ2n) is 5.31. The Morgan fingerprint density at radius 2 is 2.05 bits per heavy atom. The van der Waals surface area contributed by atoms with Gasteiger partial charge in [-0.2, -0.15) is 0 Å². The number of rotatable bonds is 3. The first-order valence-corrected chi connectivity index (χ1v) is 6.94. The maximum atomic E-state index is 11.8. The highest BCUT2D eigenvalue weighted by atomic mass is 16.2. The Bertz CT molecular complexity index is 820. The molecule has 6 heteroatoms. The molecule has 0 unspecified atom stereocenters. The van der Waals surface area contributed by atoms with E-state index in [0.717, 1.165) is 16.6 Å². The molecule has 2 aromatic heterocycles. The van der Waals surface area contributed by atoms with E-state index in [4.69, 9.17) is 0 Å². The Morgan fingerprint density at radius 3 is 2.68 bits per heavy atom. The van der Waals surface area contributed by atoms with Crippen LogP contribution in [0.1, 0.15) is 15.9 Å². The van der Waals surface area contributed by atoms with Crippen molar-refractivity contribution in [3.05, 3.63) is 47.7 Å². The normalized spacial score (nSPS) is 10.7. The van der Waals surface area contributed by atoms with E-state index in [1.54, 1.807) is 32.4 Å². The topological polar surface area (TPSA) is 73.9 Å². The van der Waals surface area contributed by atoms with E-state index in [1.807, 2.05) is 25.1 Å². The van der Waals surface area contributed by atoms with Crippen LogP contribution < -0.4 is 5.32 Å². The molecule has 1 amide bonds. The number of aryl methyl sites for hydroxylation is 1. The van der Waals surface area contributed by atoms with Gasteiger partial charge in [0.15, 0.2) is 0 Å². The maximum Gasteiger partial charge on any atom is 0.254 e. The number of aromatic nitrogens is 3. The van der Waals surface area contributed by atoms with Crippen LogP contribution in [0.2, 0.25) is 0 Å². The fraction of sp³-hybridized carbons (Fsp3) is 0.188. The van der Waals surface area contributed by atoms with Crippen molar-refractivity contribution in [2.45, 2.75) is 6.92 Å². The summed E-state index contributed by atoms with van der Waals surface area (Å²) in [6.45, 7) is 2.02. The first-order chi connectivity index (χ1) is 10.5. The fourth-order valence-electron chi connectivity index (χ4n) is 2.21. The lowest BCUT2D eigenvalue weighted by Crippen LogP contribution is -2.21. The molecule has 0 aliphatic heterocycles. The van der Waals surface area contributed by atoms with Gasteiger partial charge >= 0.3 is 0 Å². The number of imidazole rings is 1. The summed E-state index contributed by atoms with van der Waals surface area (Å²) in [7, 11) is 3.43. The summed E-state index contributed by atoms with van der Waals surface area (Å²) >= 11 is 0. The minimum Gasteiger partial charge on any atom is -0.345 e. The monoisotopic (exact) mass is 295 g/mol. The van der Waals surface area contributed by atoms with Gasteiger partial charge in [0.2, 0.25) is 5.95 Å². The minimum absolute atomic E-state index is 0.0709. The van der Waals surface area contributed by atoms with Crippen molar-refractivity contribution in [1.82, 2.24) is 19.9 Å². The number of benzene rings is 1. The molecule has 0 saturated carbocycles. The number of nitrogens with zero attached hydrogens (tertiary/aromatic N) is 3. The minimum atomic E-state index is -0.0709. The number of anilines is 2. The van der Waals surface area contributed by atoms with E-state index in [2.05, 4.69) is 20.3 Å². The number of para-hydroxylation sites is 1. The molecule has 2 heterocycles. The van der Waals surface area contributed by atoms with Gasteiger partial charge < -0.3 is 15.2 Å². The molecule has 0 bridgehead atoms. The molecule has 6 nitrogen and oxygen atoms in total. The number of carbonyl (C=O) groups excluding carboxylic acids is 1. The summed E-state index contributed by atoms with van der Waals surface area (Å²) in [5.41, 5.74) is 3.57. The largest absolute Gasteiger partial charge is 0.345 e. The van der Waals surface area contributed by atoms with E-state index in [0.29, 0.717) is 17.3 Å². The number of carbonyl (C=O) groups is 1. The standard InChI is InChI=1S/C16H17N5O/c1-10-5-4-6-12-14(10)20-16(18-12)19-13-8-7-11(9-17-13)15(22)21(2)3/h4-9H,1-3H3,(H2,17,18,19,20). The first kappa shape index (κ1) is 14.1. The van der Waals surface area contributed by atoms with E-state index >= 15 is 0 Å². The highest BCUT2D eigenvalue weighted by Crippen LogP contribution is 2.20. The van der Waals surface area contributed by atoms with Crippen LogP contribution in [0.4, 0.5) is 11.8 Å². The quantitative estimate of drug-likeness (QED) is 0.779. The lowest BCUT2D eigenvalue weighted by atomic mass is 10.2. The van der Waals surface area contributed by atoms with Gasteiger partial charge in [-0.05, 0) is 30.7 Å². The summed E-state index contributed by atoms with van der Waals surface area (Å²) < 4.78 is 0. The summed E-state index contributed by atoms with van der Waals surface area (Å²) in [6.07, 6.45) is 1.55. The number of fused-ring (bicyclic) bond motifs is 1. The maximum absolute atomic E-state index is 11.8. The van der Waals surface area contributed by atoms with Gasteiger partial charge in [0.25, 0.3) is 5.91 Å². The van der Waals surface area contributed by atoms with Crippen molar-refractivity contribution < 1.29 is 4.79 Å². The van der Waals surface area contributed by atoms with E-state index in [-0.39, 0.29) is 5.91 Å². The molecule has 22 heavy (non-hydrogen) atoms. The van der Waals surface area contributed by atoms with Crippen LogP contribution in [-0.2, 0) is 0 Å². The molecular formula is C16H17N5O. The summed E-state index contributed by atoms with van der Waals surface area (Å²) in [4.78, 5) is 25.3. The van der Waals surface area contributed by atoms with Crippen LogP contribution in [0.3, 0.4) is 0 Å². The third-order valence-corrected chi connectivity index (χ3v) is 3.38. The van der Waals surface area contributed by atoms with Crippen LogP contribution in [0.25, 0.3) is 11.0 Å². The van der Waals surface area contributed by atoms with E-state index < -0.39 is 0 Å². The van der Waals surface area contributed by atoms with E-state index in [9.17, 15) is 4.79 Å². The molecule has 0 radical (unpaired) electrons. The highest BCUT2D eigenvalue weighted by molar-refractivity contribution is 5.93. The van der Waals surface area contributed by atoms with Crippen LogP contribution in [-0.4, -0.2) is 39.9 Å². The molecule has 0 fully saturated rings. The lowest BCUT2D eigenvalue weighted by Gasteiger charge is -2.10. The number of nitrogens with one attached hydrogen (secondary N) is 2. The van der Waals surface area contributed by atoms with E-state index in [1.165, 1.54) is 4.90 Å². The summed E-state index contributed by atoms with van der Waals surface area (Å²) in [5, 5.41) is 3.11. The molecule has 2 N–H and O–H groups in total. The molecule has 3 rings (SSSR count). The first-order valence-electron chi connectivity index (χ1n) is 6.94. The molecular weight excluding hydrogens is 278 g/mol. The smallest absolute Gasteiger partial charge is 0.254 e. The summed E-state index contributed by atoms with van der Waals surface area (Å²) in [5.74, 6) is 1.19. The predicted molar refractivity (Wildman–Crippen MR) is 86.4 cm³/mol. The zero-order chi connectivity index (χ0) is 15.7. The number of hydrogen-bond acceptors (Lipinski definition) is 4. The number of pyridine rings is 1. The zero-order valence-corrected chi connectivity index (χ0v) is 12.7. The van der Waals surface area contributed by atoms with Crippen molar-refractivity contribution >= 4 is 28.7 Å². The van der Waals surface area contributed by atoms with Crippen LogP contribution in [0.15, 0.2) is 36.5 Å². The van der Waals surface area contributed by atoms with Gasteiger partial charge in [-0.15, -0.1) is 0 Å². The molecule has 0 spiro atoms. The van der Waals surface area contributed by atoms with Gasteiger partial charge in [-0.25, -0.2) is 9.97 Å². The number of hydrogen-bond donors (Lipinski definition) is 2. The van der Waals surface area contributed by atoms with Gasteiger partial charge in [0, 0.05) is 20.3 Å². The SMILES string of the molecule is Cc1cccc2[nH]c(Nc3ccc(C(=O)N(C)C)cn3)nc12. The van der Waals surface area contributed by atoms with Crippen molar-refractivity contribution in [1.29, 1.82) is 0 Å². The molecule has 0 aliphatic carbocycles. The zero-order valence-electron chi connectivity index (χ0n) is 12.7. The third-order valence-electron chi connectivity index (χ3n) is 3.38. The molecule has 0 saturated heterocycles. The van der Waals surface area contributed by atoms with Crippen molar-refractivity contribution in [3.8, 4) is 0 Å². The van der Waals surface area contributed by atoms with Gasteiger partial charge in [0.1, 0.15) is 5.82 Å². The average molecular weight is 295 g/mol. The summed E-state index contributed by atoms with van der Waals surface area (Å²) in [6, 6.07) is 9.49. The molecule has 3 aromatic rings. The van der Waals surface area contributed by atoms with Gasteiger partial charge in [-0.1, -0.05) is 12.1 Å². The molecule has 0 atom stereocenters. The second-order valence-corrected chi connectivity index (χ2v) is 5.31. The Balaban J connectivity index is 1.83. The lowest BCUT2D eigenvalue weighted by molar-refractivity contribution is 0.0827. The van der Waals surface area contributed by atoms with Crippen LogP contribution >= 0.6 is 0 Å². The molecule has 0 aliphatic rings. The van der Waals surface area contributed by atoms with Gasteiger partial charge in [0.05, 0.1) is 16.6 Å². The van der Waals surface area contributed by atoms with Crippen molar-refractivity contribution in [2.24, 2.45) is 0 Å². The number of amides is 1. The Kier molecular flexibility index (Phi) is 3.50. The van der Waals surface area contributed by atoms with Crippen LogP contribution in [0, 0.1) is 6.92 Å². The Morgan fingerprint density at radius 1 is 1.23 bits per heavy atom. The fourth-order valence-corrected chi connectivity index (χ4v) is 2.21. The third kappa shape index (κ3) is 2.63. The van der Waals surface area contributed by atoms with Crippen molar-refractivity contribution in [2.75, 3.05) is 19.4 Å². The second kappa shape index (κ2) is 5.48. The number of H-pyrrole nitrogens is 1. The van der Waals surface area contributed by atoms with Crippen LogP contribution in [0.5, 0.6) is 0 Å². The van der Waals surface area contributed by atoms with Crippen molar-refractivity contribution in [3.63, 3.8) is 0 Å². The Hall–Kier alpha value is -2.89. The Labute approximate surface area is 128 Å². The molecule has 112 valence electrons.